The zero-order valence-electron chi connectivity index (χ0n) is 9.92. The molecule has 1 fully saturated rings. The molecule has 2 aromatic heterocycles. The highest BCUT2D eigenvalue weighted by molar-refractivity contribution is 5.81. The third-order valence-corrected chi connectivity index (χ3v) is 3.27. The summed E-state index contributed by atoms with van der Waals surface area (Å²) in [6, 6.07) is -0.674. The quantitative estimate of drug-likeness (QED) is 0.487. The van der Waals surface area contributed by atoms with Crippen LogP contribution >= 0.6 is 0 Å². The maximum absolute atomic E-state index is 10.1. The van der Waals surface area contributed by atoms with Gasteiger partial charge in [0.15, 0.2) is 17.7 Å². The van der Waals surface area contributed by atoms with Crippen molar-refractivity contribution in [3.8, 4) is 0 Å². The van der Waals surface area contributed by atoms with Crippen molar-refractivity contribution in [3.63, 3.8) is 0 Å². The molecule has 0 radical (unpaired) electrons. The lowest BCUT2D eigenvalue weighted by molar-refractivity contribution is -0.0488. The summed E-state index contributed by atoms with van der Waals surface area (Å²) in [7, 11) is 0. The Morgan fingerprint density at radius 3 is 2.84 bits per heavy atom. The van der Waals surface area contributed by atoms with Gasteiger partial charge in [0, 0.05) is 0 Å². The molecule has 0 saturated carbocycles. The Labute approximate surface area is 107 Å². The summed E-state index contributed by atoms with van der Waals surface area (Å²) in [5, 5.41) is 19.2. The second kappa shape index (κ2) is 4.38. The number of aliphatic hydroxyl groups is 2. The molecule has 9 nitrogen and oxygen atoms in total. The molecule has 9 heteroatoms. The number of nitrogens with zero attached hydrogens (tertiary/aromatic N) is 4. The summed E-state index contributed by atoms with van der Waals surface area (Å²) in [6.45, 7) is -0.265. The van der Waals surface area contributed by atoms with E-state index in [-0.39, 0.29) is 12.4 Å². The predicted octanol–water partition coefficient (Wildman–Crippen LogP) is -2.01. The van der Waals surface area contributed by atoms with Crippen LogP contribution in [0.4, 0.5) is 5.82 Å². The van der Waals surface area contributed by atoms with Crippen molar-refractivity contribution in [2.45, 2.75) is 24.5 Å². The SMILES string of the molecule is Nc1ncnc2c1ncn2[C@@H]1O[C@H](CO)C(N)[C@H]1O. The Morgan fingerprint density at radius 2 is 2.16 bits per heavy atom. The number of aromatic nitrogens is 4. The molecule has 0 aromatic carbocycles. The molecule has 19 heavy (non-hydrogen) atoms. The van der Waals surface area contributed by atoms with Gasteiger partial charge in [-0.25, -0.2) is 15.0 Å². The number of fused-ring (bicyclic) bond motifs is 1. The second-order valence-electron chi connectivity index (χ2n) is 4.40. The third kappa shape index (κ3) is 1.75. The summed E-state index contributed by atoms with van der Waals surface area (Å²) < 4.78 is 7.06. The minimum Gasteiger partial charge on any atom is -0.394 e. The standard InChI is InChI=1S/C10H14N6O3/c11-5-4(1-17)19-10(7(5)18)16-3-15-6-8(12)13-2-14-9(6)16/h2-5,7,10,17-18H,1,11H2,(H2,12,13,14)/t4-,5?,7-,10-/m1/s1. The van der Waals surface area contributed by atoms with Crippen molar-refractivity contribution in [1.82, 2.24) is 19.5 Å². The Bertz CT molecular complexity index is 602. The molecule has 6 N–H and O–H groups in total. The first-order valence-corrected chi connectivity index (χ1v) is 5.76. The Hall–Kier alpha value is -1.81. The van der Waals surface area contributed by atoms with E-state index in [4.69, 9.17) is 21.3 Å². The first kappa shape index (κ1) is 12.2. The van der Waals surface area contributed by atoms with Crippen LogP contribution in [-0.2, 0) is 4.74 Å². The summed E-state index contributed by atoms with van der Waals surface area (Å²) in [5.74, 6) is 0.249. The number of anilines is 1. The Balaban J connectivity index is 2.04. The van der Waals surface area contributed by atoms with E-state index in [0.717, 1.165) is 0 Å². The zero-order valence-corrected chi connectivity index (χ0v) is 9.92. The molecule has 0 bridgehead atoms. The van der Waals surface area contributed by atoms with Gasteiger partial charge in [-0.1, -0.05) is 0 Å². The topological polar surface area (TPSA) is 145 Å². The van der Waals surface area contributed by atoms with Gasteiger partial charge in [0.2, 0.25) is 0 Å². The number of imidazole rings is 1. The number of aliphatic hydroxyl groups excluding tert-OH is 2. The molecule has 1 aliphatic rings. The van der Waals surface area contributed by atoms with E-state index in [1.54, 1.807) is 0 Å². The van der Waals surface area contributed by atoms with Crippen LogP contribution in [-0.4, -0.2) is 54.6 Å². The Morgan fingerprint density at radius 1 is 1.37 bits per heavy atom. The van der Waals surface area contributed by atoms with E-state index in [1.165, 1.54) is 17.2 Å². The molecule has 1 aliphatic heterocycles. The average molecular weight is 266 g/mol. The molecule has 102 valence electrons. The monoisotopic (exact) mass is 266 g/mol. The fourth-order valence-corrected chi connectivity index (χ4v) is 2.21. The maximum atomic E-state index is 10.1. The molecule has 0 amide bonds. The fraction of sp³-hybridized carbons (Fsp3) is 0.500. The van der Waals surface area contributed by atoms with E-state index in [1.807, 2.05) is 0 Å². The first-order chi connectivity index (χ1) is 9.13. The zero-order chi connectivity index (χ0) is 13.6. The van der Waals surface area contributed by atoms with Crippen LogP contribution in [0.15, 0.2) is 12.7 Å². The van der Waals surface area contributed by atoms with E-state index >= 15 is 0 Å². The lowest BCUT2D eigenvalue weighted by Crippen LogP contribution is -2.41. The predicted molar refractivity (Wildman–Crippen MR) is 64.7 cm³/mol. The average Bonchev–Trinajstić information content (AvgIpc) is 2.94. The van der Waals surface area contributed by atoms with Gasteiger partial charge in [0.25, 0.3) is 0 Å². The van der Waals surface area contributed by atoms with E-state index in [0.29, 0.717) is 11.2 Å². The van der Waals surface area contributed by atoms with Crippen LogP contribution in [0.1, 0.15) is 6.23 Å². The number of ether oxygens (including phenoxy) is 1. The van der Waals surface area contributed by atoms with Crippen LogP contribution < -0.4 is 11.5 Å². The summed E-state index contributed by atoms with van der Waals surface area (Å²) in [6.07, 6.45) is 0.408. The normalized spacial score (nSPS) is 31.1. The summed E-state index contributed by atoms with van der Waals surface area (Å²) >= 11 is 0. The lowest BCUT2D eigenvalue weighted by atomic mass is 10.1. The van der Waals surface area contributed by atoms with Crippen LogP contribution in [0.5, 0.6) is 0 Å². The molecule has 4 atom stereocenters. The van der Waals surface area contributed by atoms with Gasteiger partial charge in [0.05, 0.1) is 19.0 Å². The van der Waals surface area contributed by atoms with Gasteiger partial charge in [-0.05, 0) is 0 Å². The molecule has 1 unspecified atom stereocenters. The van der Waals surface area contributed by atoms with Crippen molar-refractivity contribution in [2.75, 3.05) is 12.3 Å². The van der Waals surface area contributed by atoms with Crippen LogP contribution in [0.3, 0.4) is 0 Å². The van der Waals surface area contributed by atoms with Gasteiger partial charge in [-0.3, -0.25) is 4.57 Å². The van der Waals surface area contributed by atoms with Gasteiger partial charge >= 0.3 is 0 Å². The second-order valence-corrected chi connectivity index (χ2v) is 4.40. The minimum absolute atomic E-state index is 0.249. The molecule has 0 aliphatic carbocycles. The molecule has 1 saturated heterocycles. The Kier molecular flexibility index (Phi) is 2.82. The molecule has 2 aromatic rings. The van der Waals surface area contributed by atoms with E-state index < -0.39 is 24.5 Å². The number of hydrogen-bond acceptors (Lipinski definition) is 8. The molecular weight excluding hydrogens is 252 g/mol. The van der Waals surface area contributed by atoms with Crippen molar-refractivity contribution in [2.24, 2.45) is 5.73 Å². The maximum Gasteiger partial charge on any atom is 0.167 e. The number of rotatable bonds is 2. The van der Waals surface area contributed by atoms with Crippen molar-refractivity contribution >= 4 is 17.0 Å². The number of nitrogen functional groups attached to an aromatic ring is 1. The van der Waals surface area contributed by atoms with Crippen LogP contribution in [0.2, 0.25) is 0 Å². The molecular formula is C10H14N6O3. The van der Waals surface area contributed by atoms with E-state index in [9.17, 15) is 5.11 Å². The van der Waals surface area contributed by atoms with Crippen LogP contribution in [0.25, 0.3) is 11.2 Å². The fourth-order valence-electron chi connectivity index (χ4n) is 2.21. The summed E-state index contributed by atoms with van der Waals surface area (Å²) in [4.78, 5) is 12.0. The minimum atomic E-state index is -0.967. The highest BCUT2D eigenvalue weighted by atomic mass is 16.5. The van der Waals surface area contributed by atoms with E-state index in [2.05, 4.69) is 15.0 Å². The van der Waals surface area contributed by atoms with Crippen molar-refractivity contribution < 1.29 is 14.9 Å². The molecule has 3 heterocycles. The van der Waals surface area contributed by atoms with Gasteiger partial charge in [0.1, 0.15) is 24.1 Å². The van der Waals surface area contributed by atoms with Crippen molar-refractivity contribution in [3.05, 3.63) is 12.7 Å². The van der Waals surface area contributed by atoms with Gasteiger partial charge < -0.3 is 26.4 Å². The van der Waals surface area contributed by atoms with Gasteiger partial charge in [-0.15, -0.1) is 0 Å². The highest BCUT2D eigenvalue weighted by Gasteiger charge is 2.42. The highest BCUT2D eigenvalue weighted by Crippen LogP contribution is 2.30. The third-order valence-electron chi connectivity index (χ3n) is 3.27. The number of hydrogen-bond donors (Lipinski definition) is 4. The first-order valence-electron chi connectivity index (χ1n) is 5.76. The summed E-state index contributed by atoms with van der Waals surface area (Å²) in [5.41, 5.74) is 12.3. The lowest BCUT2D eigenvalue weighted by Gasteiger charge is -2.16. The smallest absolute Gasteiger partial charge is 0.167 e. The molecule has 3 rings (SSSR count). The number of nitrogens with two attached hydrogens (primary N) is 2. The van der Waals surface area contributed by atoms with Crippen LogP contribution in [0, 0.1) is 0 Å². The van der Waals surface area contributed by atoms with Crippen molar-refractivity contribution in [1.29, 1.82) is 0 Å². The molecule has 0 spiro atoms. The van der Waals surface area contributed by atoms with Gasteiger partial charge in [-0.2, -0.15) is 0 Å². The largest absolute Gasteiger partial charge is 0.394 e.